The fourth-order valence-corrected chi connectivity index (χ4v) is 9.37. The molecule has 1 aliphatic carbocycles. The molecule has 0 saturated heterocycles. The van der Waals surface area contributed by atoms with Crippen LogP contribution in [-0.4, -0.2) is 11.6 Å². The van der Waals surface area contributed by atoms with E-state index in [0.717, 1.165) is 72.7 Å². The molecule has 0 fully saturated rings. The summed E-state index contributed by atoms with van der Waals surface area (Å²) in [6.07, 6.45) is 3.66. The third kappa shape index (κ3) is 6.64. The third-order valence-electron chi connectivity index (χ3n) is 12.1. The lowest BCUT2D eigenvalue weighted by Gasteiger charge is -2.35. The first-order chi connectivity index (χ1) is 29.8. The molecule has 292 valence electrons. The van der Waals surface area contributed by atoms with Crippen LogP contribution >= 0.6 is 23.2 Å². The van der Waals surface area contributed by atoms with Crippen molar-refractivity contribution in [2.24, 2.45) is 0 Å². The van der Waals surface area contributed by atoms with Gasteiger partial charge in [0.25, 0.3) is 0 Å². The average Bonchev–Trinajstić information content (AvgIpc) is 3.70. The second-order valence-corrected chi connectivity index (χ2v) is 16.4. The normalized spacial score (nSPS) is 16.2. The van der Waals surface area contributed by atoms with E-state index < -0.39 is 5.41 Å². The predicted octanol–water partition coefficient (Wildman–Crippen LogP) is 15.0. The van der Waals surface area contributed by atoms with Gasteiger partial charge in [0.05, 0.1) is 16.7 Å². The number of anilines is 2. The molecule has 0 aromatic heterocycles. The van der Waals surface area contributed by atoms with Crippen molar-refractivity contribution < 1.29 is 9.59 Å². The van der Waals surface area contributed by atoms with Crippen LogP contribution in [0.4, 0.5) is 11.4 Å². The topological polar surface area (TPSA) is 37.4 Å². The number of carbonyl (C=O) groups is 2. The van der Waals surface area contributed by atoms with E-state index in [1.54, 1.807) is 30.3 Å². The van der Waals surface area contributed by atoms with Crippen LogP contribution in [0.2, 0.25) is 10.0 Å². The maximum atomic E-state index is 13.9. The van der Waals surface area contributed by atoms with Gasteiger partial charge in [-0.3, -0.25) is 9.59 Å². The lowest BCUT2D eigenvalue weighted by atomic mass is 9.69. The molecule has 61 heavy (non-hydrogen) atoms. The van der Waals surface area contributed by atoms with E-state index in [4.69, 9.17) is 23.2 Å². The van der Waals surface area contributed by atoms with Crippen molar-refractivity contribution in [3.63, 3.8) is 0 Å². The van der Waals surface area contributed by atoms with Crippen molar-refractivity contribution >= 4 is 46.1 Å². The maximum Gasteiger partial charge on any atom is 0.197 e. The van der Waals surface area contributed by atoms with E-state index in [1.807, 2.05) is 60.7 Å². The van der Waals surface area contributed by atoms with Crippen molar-refractivity contribution in [1.29, 1.82) is 0 Å². The summed E-state index contributed by atoms with van der Waals surface area (Å²) in [5.41, 5.74) is 13.4. The molecule has 2 aliphatic rings. The maximum absolute atomic E-state index is 13.9. The number of allylic oxidation sites excluding steroid dienone is 4. The minimum absolute atomic E-state index is 0.127. The highest BCUT2D eigenvalue weighted by atomic mass is 35.5. The number of hydrogen-bond donors (Lipinski definition) is 0. The zero-order valence-corrected chi connectivity index (χ0v) is 34.7. The summed E-state index contributed by atoms with van der Waals surface area (Å²) in [6.45, 7) is 2.23. The van der Waals surface area contributed by atoms with Gasteiger partial charge in [0.2, 0.25) is 0 Å². The van der Waals surface area contributed by atoms with Crippen molar-refractivity contribution in [3.8, 4) is 44.5 Å². The minimum Gasteiger partial charge on any atom is -0.313 e. The molecule has 1 aliphatic heterocycles. The zero-order valence-electron chi connectivity index (χ0n) is 33.1. The van der Waals surface area contributed by atoms with Gasteiger partial charge in [0.15, 0.2) is 11.6 Å². The second kappa shape index (κ2) is 15.5. The first kappa shape index (κ1) is 38.2. The van der Waals surface area contributed by atoms with Crippen LogP contribution in [0.25, 0.3) is 44.5 Å². The highest BCUT2D eigenvalue weighted by Gasteiger charge is 2.48. The molecule has 8 aromatic carbocycles. The van der Waals surface area contributed by atoms with Crippen LogP contribution in [0.1, 0.15) is 38.8 Å². The number of rotatable bonds is 7. The molecule has 5 heteroatoms. The number of carbonyl (C=O) groups excluding carboxylic acids is 2. The quantitative estimate of drug-likeness (QED) is 0.119. The molecule has 0 spiro atoms. The summed E-state index contributed by atoms with van der Waals surface area (Å²) in [5.74, 6) is -0.567. The Morgan fingerprint density at radius 1 is 0.443 bits per heavy atom. The largest absolute Gasteiger partial charge is 0.313 e. The van der Waals surface area contributed by atoms with Crippen molar-refractivity contribution in [2.45, 2.75) is 12.3 Å². The Labute approximate surface area is 365 Å². The smallest absolute Gasteiger partial charge is 0.197 e. The Morgan fingerprint density at radius 3 is 1.41 bits per heavy atom. The standard InChI is InChI=1S/C56H37Cl2NO2/c1-56(50-35-43(58)29-33-51(50)59(44-30-27-42(57)28-31-44)52(56)34-32-49-54(60)47-15-8-9-16-48(47)55(49)61)53-45(40-23-19-38(20-24-40)36-11-4-2-5-12-36)17-10-18-46(53)41-25-21-39(22-26-41)37-13-6-3-7-14-37/h2-35H,1H3/b52-34-. The molecule has 0 N–H and O–H groups in total. The molecule has 0 saturated carbocycles. The molecular weight excluding hydrogens is 790 g/mol. The van der Waals surface area contributed by atoms with Crippen LogP contribution in [0.15, 0.2) is 218 Å². The van der Waals surface area contributed by atoms with Gasteiger partial charge in [0.1, 0.15) is 0 Å². The van der Waals surface area contributed by atoms with Gasteiger partial charge in [-0.15, -0.1) is 0 Å². The number of hydrogen-bond acceptors (Lipinski definition) is 3. The van der Waals surface area contributed by atoms with E-state index in [1.165, 1.54) is 0 Å². The molecule has 0 bridgehead atoms. The molecule has 1 atom stereocenters. The number of ketones is 2. The molecule has 1 unspecified atom stereocenters. The molecular formula is C56H37Cl2NO2. The lowest BCUT2D eigenvalue weighted by Crippen LogP contribution is -2.29. The van der Waals surface area contributed by atoms with Crippen LogP contribution in [-0.2, 0) is 5.41 Å². The molecule has 0 radical (unpaired) electrons. The fourth-order valence-electron chi connectivity index (χ4n) is 9.07. The van der Waals surface area contributed by atoms with Crippen LogP contribution in [0.3, 0.4) is 0 Å². The first-order valence-corrected chi connectivity index (χ1v) is 21.0. The molecule has 10 rings (SSSR count). The minimum atomic E-state index is -0.906. The number of halogens is 2. The summed E-state index contributed by atoms with van der Waals surface area (Å²) in [4.78, 5) is 29.9. The molecule has 3 nitrogen and oxygen atoms in total. The molecule has 8 aromatic rings. The van der Waals surface area contributed by atoms with E-state index in [2.05, 4.69) is 127 Å². The van der Waals surface area contributed by atoms with Gasteiger partial charge in [-0.1, -0.05) is 175 Å². The van der Waals surface area contributed by atoms with Gasteiger partial charge >= 0.3 is 0 Å². The van der Waals surface area contributed by atoms with Crippen molar-refractivity contribution in [1.82, 2.24) is 0 Å². The SMILES string of the molecule is CC1(c2c(-c3ccc(-c4ccccc4)cc3)cccc2-c2ccc(-c3ccccc3)cc2)/C(=C/C=C2C(=O)c3ccccc3C2=O)N(c2ccc(Cl)cc2)c2ccc(Cl)cc21. The summed E-state index contributed by atoms with van der Waals surface area (Å²) in [5, 5.41) is 1.20. The van der Waals surface area contributed by atoms with E-state index in [0.29, 0.717) is 21.2 Å². The van der Waals surface area contributed by atoms with Crippen LogP contribution in [0, 0.1) is 0 Å². The highest BCUT2D eigenvalue weighted by Crippen LogP contribution is 2.58. The Hall–Kier alpha value is -7.04. The Bertz CT molecular complexity index is 2920. The number of Topliss-reactive ketones (excluding diaryl/α,β-unsaturated/α-hetero) is 2. The third-order valence-corrected chi connectivity index (χ3v) is 12.5. The first-order valence-electron chi connectivity index (χ1n) is 20.2. The van der Waals surface area contributed by atoms with E-state index in [9.17, 15) is 9.59 Å². The second-order valence-electron chi connectivity index (χ2n) is 15.5. The average molecular weight is 827 g/mol. The van der Waals surface area contributed by atoms with Crippen LogP contribution in [0.5, 0.6) is 0 Å². The monoisotopic (exact) mass is 825 g/mol. The predicted molar refractivity (Wildman–Crippen MR) is 251 cm³/mol. The summed E-state index contributed by atoms with van der Waals surface area (Å²) >= 11 is 13.5. The van der Waals surface area contributed by atoms with Gasteiger partial charge in [-0.05, 0) is 117 Å². The van der Waals surface area contributed by atoms with Crippen LogP contribution < -0.4 is 4.90 Å². The number of fused-ring (bicyclic) bond motifs is 2. The van der Waals surface area contributed by atoms with Crippen molar-refractivity contribution in [2.75, 3.05) is 4.90 Å². The van der Waals surface area contributed by atoms with Gasteiger partial charge in [-0.2, -0.15) is 0 Å². The molecule has 0 amide bonds. The fraction of sp³-hybridized carbons (Fsp3) is 0.0357. The Kier molecular flexibility index (Phi) is 9.72. The van der Waals surface area contributed by atoms with Gasteiger partial charge in [-0.25, -0.2) is 0 Å². The lowest BCUT2D eigenvalue weighted by molar-refractivity contribution is 0.0988. The molecule has 1 heterocycles. The number of nitrogens with zero attached hydrogens (tertiary/aromatic N) is 1. The highest BCUT2D eigenvalue weighted by molar-refractivity contribution is 6.39. The van der Waals surface area contributed by atoms with Gasteiger partial charge < -0.3 is 4.90 Å². The van der Waals surface area contributed by atoms with Gasteiger partial charge in [0, 0.05) is 32.6 Å². The Balaban J connectivity index is 1.25. The van der Waals surface area contributed by atoms with E-state index in [-0.39, 0.29) is 17.1 Å². The summed E-state index contributed by atoms with van der Waals surface area (Å²) < 4.78 is 0. The summed E-state index contributed by atoms with van der Waals surface area (Å²) in [6, 6.07) is 65.5. The number of benzene rings is 8. The summed E-state index contributed by atoms with van der Waals surface area (Å²) in [7, 11) is 0. The van der Waals surface area contributed by atoms with E-state index >= 15 is 0 Å². The van der Waals surface area contributed by atoms with Crippen molar-refractivity contribution in [3.05, 3.63) is 250 Å². The Morgan fingerprint density at radius 2 is 0.885 bits per heavy atom. The zero-order chi connectivity index (χ0) is 41.7.